The lowest BCUT2D eigenvalue weighted by atomic mass is 9.83. The number of phenolic OH excluding ortho intramolecular Hbond substituents is 1. The van der Waals surface area contributed by atoms with E-state index in [0.29, 0.717) is 18.2 Å². The van der Waals surface area contributed by atoms with E-state index in [1.54, 1.807) is 12.1 Å². The Kier molecular flexibility index (Phi) is 3.72. The summed E-state index contributed by atoms with van der Waals surface area (Å²) < 4.78 is 5.36. The summed E-state index contributed by atoms with van der Waals surface area (Å²) in [6, 6.07) is 7.10. The fourth-order valence-corrected chi connectivity index (χ4v) is 2.81. The Balaban J connectivity index is 1.66. The third-order valence-electron chi connectivity index (χ3n) is 4.16. The maximum absolute atomic E-state index is 9.27. The SMILES string of the molecule is CC1CCC(c2noc(Cc3ccc(O)cc3)n2)CC1. The lowest BCUT2D eigenvalue weighted by Gasteiger charge is -2.23. The summed E-state index contributed by atoms with van der Waals surface area (Å²) in [4.78, 5) is 4.54. The fourth-order valence-electron chi connectivity index (χ4n) is 2.81. The van der Waals surface area contributed by atoms with Gasteiger partial charge >= 0.3 is 0 Å². The highest BCUT2D eigenvalue weighted by atomic mass is 16.5. The first-order valence-corrected chi connectivity index (χ1v) is 7.31. The summed E-state index contributed by atoms with van der Waals surface area (Å²) in [7, 11) is 0. The second kappa shape index (κ2) is 5.65. The summed E-state index contributed by atoms with van der Waals surface area (Å²) in [5, 5.41) is 13.4. The summed E-state index contributed by atoms with van der Waals surface area (Å²) in [5.41, 5.74) is 1.07. The number of aromatic nitrogens is 2. The molecule has 1 N–H and O–H groups in total. The van der Waals surface area contributed by atoms with Crippen LogP contribution in [0, 0.1) is 5.92 Å². The Bertz CT molecular complexity index is 554. The molecule has 1 aromatic heterocycles. The van der Waals surface area contributed by atoms with Crippen LogP contribution in [0.3, 0.4) is 0 Å². The Morgan fingerprint density at radius 2 is 1.85 bits per heavy atom. The quantitative estimate of drug-likeness (QED) is 0.926. The van der Waals surface area contributed by atoms with Crippen molar-refractivity contribution in [3.63, 3.8) is 0 Å². The molecular weight excluding hydrogens is 252 g/mol. The van der Waals surface area contributed by atoms with Crippen LogP contribution in [0.25, 0.3) is 0 Å². The Labute approximate surface area is 118 Å². The predicted molar refractivity (Wildman–Crippen MR) is 75.6 cm³/mol. The van der Waals surface area contributed by atoms with Crippen molar-refractivity contribution in [2.45, 2.75) is 44.9 Å². The Morgan fingerprint density at radius 3 is 2.55 bits per heavy atom. The first-order valence-electron chi connectivity index (χ1n) is 7.31. The van der Waals surface area contributed by atoms with Gasteiger partial charge in [-0.3, -0.25) is 0 Å². The van der Waals surface area contributed by atoms with E-state index in [4.69, 9.17) is 4.52 Å². The maximum Gasteiger partial charge on any atom is 0.231 e. The molecule has 1 heterocycles. The van der Waals surface area contributed by atoms with Gasteiger partial charge in [-0.1, -0.05) is 37.1 Å². The molecule has 0 bridgehead atoms. The normalized spacial score (nSPS) is 22.9. The van der Waals surface area contributed by atoms with E-state index in [0.717, 1.165) is 17.3 Å². The number of hydrogen-bond acceptors (Lipinski definition) is 4. The van der Waals surface area contributed by atoms with Gasteiger partial charge in [-0.2, -0.15) is 4.98 Å². The van der Waals surface area contributed by atoms with Crippen LogP contribution in [0.1, 0.15) is 55.8 Å². The molecule has 0 unspecified atom stereocenters. The van der Waals surface area contributed by atoms with E-state index < -0.39 is 0 Å². The minimum absolute atomic E-state index is 0.274. The molecule has 0 atom stereocenters. The fraction of sp³-hybridized carbons (Fsp3) is 0.500. The van der Waals surface area contributed by atoms with Crippen LogP contribution in [0.4, 0.5) is 0 Å². The number of nitrogens with zero attached hydrogens (tertiary/aromatic N) is 2. The van der Waals surface area contributed by atoms with Crippen LogP contribution >= 0.6 is 0 Å². The van der Waals surface area contributed by atoms with Crippen molar-refractivity contribution in [2.24, 2.45) is 5.92 Å². The average molecular weight is 272 g/mol. The number of benzene rings is 1. The van der Waals surface area contributed by atoms with E-state index in [1.165, 1.54) is 25.7 Å². The minimum Gasteiger partial charge on any atom is -0.508 e. The van der Waals surface area contributed by atoms with Crippen molar-refractivity contribution >= 4 is 0 Å². The molecule has 1 fully saturated rings. The largest absolute Gasteiger partial charge is 0.508 e. The van der Waals surface area contributed by atoms with E-state index >= 15 is 0 Å². The first-order chi connectivity index (χ1) is 9.70. The van der Waals surface area contributed by atoms with Crippen LogP contribution in [-0.2, 0) is 6.42 Å². The second-order valence-electron chi connectivity index (χ2n) is 5.85. The van der Waals surface area contributed by atoms with Crippen LogP contribution < -0.4 is 0 Å². The van der Waals surface area contributed by atoms with Crippen LogP contribution in [-0.4, -0.2) is 15.2 Å². The molecule has 2 aromatic rings. The molecule has 106 valence electrons. The van der Waals surface area contributed by atoms with E-state index in [-0.39, 0.29) is 5.75 Å². The number of rotatable bonds is 3. The van der Waals surface area contributed by atoms with Crippen LogP contribution in [0.2, 0.25) is 0 Å². The molecule has 4 heteroatoms. The summed E-state index contributed by atoms with van der Waals surface area (Å²) >= 11 is 0. The zero-order valence-electron chi connectivity index (χ0n) is 11.7. The highest BCUT2D eigenvalue weighted by Crippen LogP contribution is 2.34. The molecule has 0 radical (unpaired) electrons. The van der Waals surface area contributed by atoms with Crippen LogP contribution in [0.5, 0.6) is 5.75 Å². The second-order valence-corrected chi connectivity index (χ2v) is 5.85. The lowest BCUT2D eigenvalue weighted by Crippen LogP contribution is -2.12. The molecular formula is C16H20N2O2. The smallest absolute Gasteiger partial charge is 0.231 e. The van der Waals surface area contributed by atoms with Gasteiger partial charge in [-0.15, -0.1) is 0 Å². The lowest BCUT2D eigenvalue weighted by molar-refractivity contribution is 0.324. The maximum atomic E-state index is 9.27. The molecule has 0 amide bonds. The van der Waals surface area contributed by atoms with Crippen molar-refractivity contribution in [3.8, 4) is 5.75 Å². The molecule has 0 aliphatic heterocycles. The highest BCUT2D eigenvalue weighted by molar-refractivity contribution is 5.27. The minimum atomic E-state index is 0.274. The summed E-state index contributed by atoms with van der Waals surface area (Å²) in [5.74, 6) is 3.09. The van der Waals surface area contributed by atoms with Gasteiger partial charge in [0.1, 0.15) is 5.75 Å². The molecule has 0 saturated heterocycles. The monoisotopic (exact) mass is 272 g/mol. The van der Waals surface area contributed by atoms with Crippen LogP contribution in [0.15, 0.2) is 28.8 Å². The van der Waals surface area contributed by atoms with Gasteiger partial charge in [0, 0.05) is 5.92 Å². The Morgan fingerprint density at radius 1 is 1.15 bits per heavy atom. The molecule has 1 aliphatic rings. The van der Waals surface area contributed by atoms with Crippen molar-refractivity contribution in [1.29, 1.82) is 0 Å². The average Bonchev–Trinajstić information content (AvgIpc) is 2.91. The summed E-state index contributed by atoms with van der Waals surface area (Å²) in [6.07, 6.45) is 5.47. The van der Waals surface area contributed by atoms with Crippen molar-refractivity contribution in [1.82, 2.24) is 10.1 Å². The number of hydrogen-bond donors (Lipinski definition) is 1. The van der Waals surface area contributed by atoms with Gasteiger partial charge in [-0.05, 0) is 36.5 Å². The third-order valence-corrected chi connectivity index (χ3v) is 4.16. The third kappa shape index (κ3) is 3.00. The molecule has 0 spiro atoms. The molecule has 4 nitrogen and oxygen atoms in total. The van der Waals surface area contributed by atoms with Gasteiger partial charge in [0.15, 0.2) is 5.82 Å². The predicted octanol–water partition coefficient (Wildman–Crippen LogP) is 3.66. The molecule has 1 aromatic carbocycles. The van der Waals surface area contributed by atoms with Gasteiger partial charge in [0.05, 0.1) is 6.42 Å². The van der Waals surface area contributed by atoms with Gasteiger partial charge in [-0.25, -0.2) is 0 Å². The highest BCUT2D eigenvalue weighted by Gasteiger charge is 2.23. The van der Waals surface area contributed by atoms with Crippen molar-refractivity contribution < 1.29 is 9.63 Å². The topological polar surface area (TPSA) is 59.2 Å². The standard InChI is InChI=1S/C16H20N2O2/c1-11-2-6-13(7-3-11)16-17-15(20-18-16)10-12-4-8-14(19)9-5-12/h4-5,8-9,11,13,19H,2-3,6-7,10H2,1H3. The summed E-state index contributed by atoms with van der Waals surface area (Å²) in [6.45, 7) is 2.31. The van der Waals surface area contributed by atoms with Crippen molar-refractivity contribution in [2.75, 3.05) is 0 Å². The Hall–Kier alpha value is -1.84. The van der Waals surface area contributed by atoms with E-state index in [2.05, 4.69) is 17.1 Å². The zero-order valence-corrected chi connectivity index (χ0v) is 11.7. The molecule has 1 saturated carbocycles. The van der Waals surface area contributed by atoms with E-state index in [9.17, 15) is 5.11 Å². The van der Waals surface area contributed by atoms with Gasteiger partial charge < -0.3 is 9.63 Å². The zero-order chi connectivity index (χ0) is 13.9. The van der Waals surface area contributed by atoms with E-state index in [1.807, 2.05) is 12.1 Å². The first kappa shape index (κ1) is 13.2. The molecule has 1 aliphatic carbocycles. The molecule has 20 heavy (non-hydrogen) atoms. The number of phenols is 1. The van der Waals surface area contributed by atoms with Gasteiger partial charge in [0.25, 0.3) is 0 Å². The number of aromatic hydroxyl groups is 1. The molecule has 3 rings (SSSR count). The van der Waals surface area contributed by atoms with Crippen molar-refractivity contribution in [3.05, 3.63) is 41.5 Å². The van der Waals surface area contributed by atoms with Gasteiger partial charge in [0.2, 0.25) is 5.89 Å².